The largest absolute Gasteiger partial charge is 0.483 e. The fourth-order valence-corrected chi connectivity index (χ4v) is 7.39. The highest BCUT2D eigenvalue weighted by Gasteiger charge is 2.41. The van der Waals surface area contributed by atoms with E-state index in [1.54, 1.807) is 0 Å². The second kappa shape index (κ2) is 34.7. The summed E-state index contributed by atoms with van der Waals surface area (Å²) < 4.78 is 17.7. The summed E-state index contributed by atoms with van der Waals surface area (Å²) in [6.07, 6.45) is 38.2. The van der Waals surface area contributed by atoms with Gasteiger partial charge in [-0.05, 0) is 37.3 Å². The Labute approximate surface area is 314 Å². The van der Waals surface area contributed by atoms with Gasteiger partial charge in [-0.1, -0.05) is 194 Å². The Morgan fingerprint density at radius 1 is 0.531 bits per heavy atom. The lowest BCUT2D eigenvalue weighted by molar-refractivity contribution is -0.0600. The molecule has 0 aliphatic carbocycles. The van der Waals surface area contributed by atoms with Crippen LogP contribution in [-0.4, -0.2) is 57.9 Å². The second-order valence-electron chi connectivity index (χ2n) is 15.0. The third-order valence-corrected chi connectivity index (χ3v) is 10.8. The molecule has 1 rings (SSSR count). The van der Waals surface area contributed by atoms with Gasteiger partial charge >= 0.3 is 0 Å². The molecule has 0 saturated carbocycles. The summed E-state index contributed by atoms with van der Waals surface area (Å²) in [5.74, 6) is 0. The minimum absolute atomic E-state index is 0.0844. The van der Waals surface area contributed by atoms with Crippen LogP contribution in [0.4, 0.5) is 0 Å². The zero-order valence-corrected chi connectivity index (χ0v) is 33.9. The van der Waals surface area contributed by atoms with Crippen molar-refractivity contribution in [2.45, 2.75) is 244 Å². The molecule has 0 unspecified atom stereocenters. The van der Waals surface area contributed by atoms with E-state index >= 15 is 0 Å². The molecule has 1 heterocycles. The molecule has 0 spiro atoms. The zero-order chi connectivity index (χ0) is 35.6. The highest BCUT2D eigenvalue weighted by atomic mass is 32.1. The van der Waals surface area contributed by atoms with Gasteiger partial charge in [-0.25, -0.2) is 0 Å². The number of aliphatic hydroxyl groups is 2. The molecule has 49 heavy (non-hydrogen) atoms. The Bertz CT molecular complexity index is 751. The van der Waals surface area contributed by atoms with Crippen LogP contribution in [0.25, 0.3) is 0 Å². The fraction of sp³-hybridized carbons (Fsp3) is 0.952. The first-order chi connectivity index (χ1) is 24.0. The minimum Gasteiger partial charge on any atom is -0.483 e. The number of hydrogen-bond acceptors (Lipinski definition) is 7. The number of aliphatic hydroxyl groups excluding tert-OH is 2. The normalized spacial score (nSPS) is 18.2. The monoisotopic (exact) mass is 729 g/mol. The van der Waals surface area contributed by atoms with Gasteiger partial charge in [-0.15, -0.1) is 0 Å². The predicted octanol–water partition coefficient (Wildman–Crippen LogP) is 12.7. The average molecular weight is 729 g/mol. The summed E-state index contributed by atoms with van der Waals surface area (Å²) >= 11 is 11.1. The summed E-state index contributed by atoms with van der Waals surface area (Å²) in [6, 6.07) is 0. The van der Waals surface area contributed by atoms with E-state index in [0.717, 1.165) is 25.7 Å². The van der Waals surface area contributed by atoms with E-state index in [4.69, 9.17) is 38.6 Å². The highest BCUT2D eigenvalue weighted by Crippen LogP contribution is 2.22. The fourth-order valence-electron chi connectivity index (χ4n) is 6.91. The molecular weight excluding hydrogens is 649 g/mol. The van der Waals surface area contributed by atoms with E-state index in [1.165, 1.54) is 173 Å². The van der Waals surface area contributed by atoms with Gasteiger partial charge in [-0.3, -0.25) is 0 Å². The summed E-state index contributed by atoms with van der Waals surface area (Å²) in [5.41, 5.74) is 0. The average Bonchev–Trinajstić information content (AvgIpc) is 3.43. The van der Waals surface area contributed by atoms with Crippen molar-refractivity contribution in [1.82, 2.24) is 0 Å². The molecule has 290 valence electrons. The van der Waals surface area contributed by atoms with Gasteiger partial charge in [0.2, 0.25) is 0 Å². The molecule has 4 atom stereocenters. The van der Waals surface area contributed by atoms with Gasteiger partial charge in [0, 0.05) is 12.8 Å². The van der Waals surface area contributed by atoms with Crippen molar-refractivity contribution >= 4 is 34.5 Å². The maximum atomic E-state index is 10.5. The smallest absolute Gasteiger partial charge is 0.162 e. The molecule has 0 bridgehead atoms. The van der Waals surface area contributed by atoms with E-state index in [-0.39, 0.29) is 13.2 Å². The van der Waals surface area contributed by atoms with E-state index in [2.05, 4.69) is 13.8 Å². The molecule has 1 fully saturated rings. The van der Waals surface area contributed by atoms with Gasteiger partial charge in [0.05, 0.1) is 6.61 Å². The molecule has 1 aliphatic heterocycles. The molecule has 0 aromatic carbocycles. The lowest BCUT2D eigenvalue weighted by Crippen LogP contribution is -2.43. The van der Waals surface area contributed by atoms with Crippen LogP contribution >= 0.6 is 24.4 Å². The summed E-state index contributed by atoms with van der Waals surface area (Å²) in [5, 5.41) is 21.6. The maximum Gasteiger partial charge on any atom is 0.162 e. The van der Waals surface area contributed by atoms with Crippen molar-refractivity contribution < 1.29 is 24.4 Å². The Kier molecular flexibility index (Phi) is 33.1. The molecule has 2 N–H and O–H groups in total. The molecule has 0 amide bonds. The van der Waals surface area contributed by atoms with Crippen molar-refractivity contribution in [3.8, 4) is 0 Å². The van der Waals surface area contributed by atoms with E-state index in [0.29, 0.717) is 16.5 Å². The van der Waals surface area contributed by atoms with Crippen LogP contribution in [0, 0.1) is 0 Å². The van der Waals surface area contributed by atoms with Gasteiger partial charge < -0.3 is 24.4 Å². The maximum absolute atomic E-state index is 10.5. The number of thiocarbonyl (C=S) groups is 2. The summed E-state index contributed by atoms with van der Waals surface area (Å²) in [6.45, 7) is 4.82. The number of ether oxygens (including phenoxy) is 3. The predicted molar refractivity (Wildman–Crippen MR) is 217 cm³/mol. The minimum atomic E-state index is -1.02. The summed E-state index contributed by atoms with van der Waals surface area (Å²) in [4.78, 5) is 0. The first-order valence-electron chi connectivity index (χ1n) is 21.3. The SMILES string of the molecule is CCCCCCCCCCCCCCCCCC(=S)OC[C@H](OC(=S)CCCCCCCCCCCCCCCCC)[C@@H]1OC[C@@H](O)[C@@H]1O. The van der Waals surface area contributed by atoms with Crippen molar-refractivity contribution in [1.29, 1.82) is 0 Å². The van der Waals surface area contributed by atoms with E-state index in [9.17, 15) is 10.2 Å². The van der Waals surface area contributed by atoms with Crippen molar-refractivity contribution in [2.24, 2.45) is 0 Å². The van der Waals surface area contributed by atoms with E-state index in [1.807, 2.05) is 0 Å². The molecule has 0 aromatic rings. The van der Waals surface area contributed by atoms with Gasteiger partial charge in [0.1, 0.15) is 24.9 Å². The van der Waals surface area contributed by atoms with Crippen LogP contribution < -0.4 is 0 Å². The molecule has 0 aromatic heterocycles. The first kappa shape index (κ1) is 46.7. The number of rotatable bonds is 36. The lowest BCUT2D eigenvalue weighted by Gasteiger charge is -2.27. The van der Waals surface area contributed by atoms with Gasteiger partial charge in [0.15, 0.2) is 16.2 Å². The van der Waals surface area contributed by atoms with Crippen molar-refractivity contribution in [2.75, 3.05) is 13.2 Å². The Morgan fingerprint density at radius 2 is 0.857 bits per heavy atom. The van der Waals surface area contributed by atoms with Gasteiger partial charge in [0.25, 0.3) is 0 Å². The molecule has 1 aliphatic rings. The summed E-state index contributed by atoms with van der Waals surface area (Å²) in [7, 11) is 0. The third kappa shape index (κ3) is 27.9. The molecule has 5 nitrogen and oxygen atoms in total. The van der Waals surface area contributed by atoms with Crippen LogP contribution in [0.1, 0.15) is 219 Å². The Balaban J connectivity index is 2.10. The molecule has 0 radical (unpaired) electrons. The number of hydrogen-bond donors (Lipinski definition) is 2. The quantitative estimate of drug-likeness (QED) is 0.0492. The van der Waals surface area contributed by atoms with Gasteiger partial charge in [-0.2, -0.15) is 0 Å². The Morgan fingerprint density at radius 3 is 1.18 bits per heavy atom. The molecule has 1 saturated heterocycles. The standard InChI is InChI=1S/C42H80O5S2/c1-3-5-7-9-11-13-15-17-19-21-23-25-27-29-31-33-39(48)45-36-38(42-41(44)37(43)35-46-42)47-40(49)34-32-30-28-26-24-22-20-18-16-14-12-10-8-6-4-2/h37-38,41-44H,3-36H2,1-2H3/t37-,38+,41+,42+/m1/s1. The number of unbranched alkanes of at least 4 members (excludes halogenated alkanes) is 28. The first-order valence-corrected chi connectivity index (χ1v) is 22.1. The van der Waals surface area contributed by atoms with E-state index < -0.39 is 24.4 Å². The molecular formula is C42H80O5S2. The van der Waals surface area contributed by atoms with Crippen LogP contribution in [-0.2, 0) is 14.2 Å². The third-order valence-electron chi connectivity index (χ3n) is 10.2. The van der Waals surface area contributed by atoms with Crippen LogP contribution in [0.3, 0.4) is 0 Å². The van der Waals surface area contributed by atoms with Crippen molar-refractivity contribution in [3.63, 3.8) is 0 Å². The van der Waals surface area contributed by atoms with Crippen LogP contribution in [0.2, 0.25) is 0 Å². The lowest BCUT2D eigenvalue weighted by atomic mass is 10.0. The van der Waals surface area contributed by atoms with Crippen LogP contribution in [0.15, 0.2) is 0 Å². The Hall–Kier alpha value is -0.340. The second-order valence-corrected chi connectivity index (χ2v) is 15.9. The van der Waals surface area contributed by atoms with Crippen LogP contribution in [0.5, 0.6) is 0 Å². The molecule has 7 heteroatoms. The topological polar surface area (TPSA) is 68.2 Å². The highest BCUT2D eigenvalue weighted by molar-refractivity contribution is 7.80. The zero-order valence-electron chi connectivity index (χ0n) is 32.3. The van der Waals surface area contributed by atoms with Crippen molar-refractivity contribution in [3.05, 3.63) is 0 Å².